The van der Waals surface area contributed by atoms with Gasteiger partial charge in [0.25, 0.3) is 5.91 Å². The van der Waals surface area contributed by atoms with Gasteiger partial charge in [-0.15, -0.1) is 0 Å². The van der Waals surface area contributed by atoms with E-state index in [-0.39, 0.29) is 12.5 Å². The van der Waals surface area contributed by atoms with Crippen molar-refractivity contribution >= 4 is 11.6 Å². The predicted molar refractivity (Wildman–Crippen MR) is 86.4 cm³/mol. The molecule has 0 bridgehead atoms. The Morgan fingerprint density at radius 1 is 1.13 bits per heavy atom. The Kier molecular flexibility index (Phi) is 4.38. The van der Waals surface area contributed by atoms with Crippen molar-refractivity contribution < 1.29 is 14.1 Å². The first-order chi connectivity index (χ1) is 11.2. The molecule has 3 rings (SSSR count). The summed E-state index contributed by atoms with van der Waals surface area (Å²) in [4.78, 5) is 12.1. The van der Waals surface area contributed by atoms with Gasteiger partial charge in [-0.25, -0.2) is 0 Å². The summed E-state index contributed by atoms with van der Waals surface area (Å²) in [5, 5.41) is 6.65. The maximum atomic E-state index is 12.1. The molecule has 0 aliphatic heterocycles. The van der Waals surface area contributed by atoms with E-state index in [0.717, 1.165) is 5.69 Å². The quantitative estimate of drug-likeness (QED) is 0.778. The molecule has 2 aromatic carbocycles. The average molecular weight is 308 g/mol. The Morgan fingerprint density at radius 3 is 2.70 bits per heavy atom. The molecule has 1 N–H and O–H groups in total. The molecule has 0 saturated carbocycles. The highest BCUT2D eigenvalue weighted by atomic mass is 16.5. The van der Waals surface area contributed by atoms with Crippen LogP contribution in [0.3, 0.4) is 0 Å². The lowest BCUT2D eigenvalue weighted by molar-refractivity contribution is 0.102. The molecule has 1 heterocycles. The van der Waals surface area contributed by atoms with E-state index in [0.29, 0.717) is 22.8 Å². The zero-order valence-electron chi connectivity index (χ0n) is 12.7. The van der Waals surface area contributed by atoms with Crippen LogP contribution in [0.5, 0.6) is 5.75 Å². The van der Waals surface area contributed by atoms with E-state index in [9.17, 15) is 4.79 Å². The minimum Gasteiger partial charge on any atom is -0.485 e. The minimum absolute atomic E-state index is 0.159. The van der Waals surface area contributed by atoms with Crippen LogP contribution in [0.4, 0.5) is 5.69 Å². The summed E-state index contributed by atoms with van der Waals surface area (Å²) in [5.41, 5.74) is 2.09. The lowest BCUT2D eigenvalue weighted by Gasteiger charge is -2.08. The van der Waals surface area contributed by atoms with E-state index >= 15 is 0 Å². The van der Waals surface area contributed by atoms with E-state index in [1.807, 2.05) is 49.4 Å². The number of benzene rings is 2. The Hall–Kier alpha value is -3.08. The van der Waals surface area contributed by atoms with Crippen LogP contribution < -0.4 is 10.1 Å². The van der Waals surface area contributed by atoms with Gasteiger partial charge in [-0.2, -0.15) is 0 Å². The second-order valence-corrected chi connectivity index (χ2v) is 5.07. The number of hydrogen-bond donors (Lipinski definition) is 1. The Morgan fingerprint density at radius 2 is 1.96 bits per heavy atom. The normalized spacial score (nSPS) is 10.3. The Balaban J connectivity index is 1.64. The number of nitrogens with zero attached hydrogens (tertiary/aromatic N) is 1. The fourth-order valence-electron chi connectivity index (χ4n) is 2.10. The van der Waals surface area contributed by atoms with Crippen LogP contribution in [0.1, 0.15) is 21.8 Å². The minimum atomic E-state index is -0.159. The molecule has 0 atom stereocenters. The number of carbonyl (C=O) groups is 1. The van der Waals surface area contributed by atoms with Gasteiger partial charge < -0.3 is 14.6 Å². The number of anilines is 1. The second kappa shape index (κ2) is 6.79. The van der Waals surface area contributed by atoms with Crippen molar-refractivity contribution in [2.75, 3.05) is 5.32 Å². The van der Waals surface area contributed by atoms with Gasteiger partial charge in [0.1, 0.15) is 12.4 Å². The number of ether oxygens (including phenoxy) is 1. The summed E-state index contributed by atoms with van der Waals surface area (Å²) in [6.07, 6.45) is 0. The lowest BCUT2D eigenvalue weighted by atomic mass is 10.2. The average Bonchev–Trinajstić information content (AvgIpc) is 3.00. The Labute approximate surface area is 133 Å². The first-order valence-electron chi connectivity index (χ1n) is 7.22. The standard InChI is InChI=1S/C18H16N2O3/c1-13-10-17(23-20-13)12-22-16-9-5-8-15(11-16)19-18(21)14-6-3-2-4-7-14/h2-11H,12H2,1H3,(H,19,21). The maximum absolute atomic E-state index is 12.1. The van der Waals surface area contributed by atoms with Crippen molar-refractivity contribution in [3.63, 3.8) is 0 Å². The number of carbonyl (C=O) groups excluding carboxylic acids is 1. The van der Waals surface area contributed by atoms with Gasteiger partial charge in [-0.3, -0.25) is 4.79 Å². The van der Waals surface area contributed by atoms with Crippen LogP contribution in [0, 0.1) is 6.92 Å². The molecule has 0 saturated heterocycles. The van der Waals surface area contributed by atoms with Gasteiger partial charge in [0.05, 0.1) is 5.69 Å². The van der Waals surface area contributed by atoms with E-state index in [4.69, 9.17) is 9.26 Å². The monoisotopic (exact) mass is 308 g/mol. The van der Waals surface area contributed by atoms with Gasteiger partial charge in [0, 0.05) is 23.4 Å². The highest BCUT2D eigenvalue weighted by Crippen LogP contribution is 2.19. The van der Waals surface area contributed by atoms with Crippen LogP contribution in [-0.2, 0) is 6.61 Å². The molecule has 5 heteroatoms. The van der Waals surface area contributed by atoms with Crippen LogP contribution in [-0.4, -0.2) is 11.1 Å². The number of nitrogens with one attached hydrogen (secondary N) is 1. The van der Waals surface area contributed by atoms with Gasteiger partial charge >= 0.3 is 0 Å². The zero-order chi connectivity index (χ0) is 16.1. The molecular formula is C18H16N2O3. The van der Waals surface area contributed by atoms with Gasteiger partial charge in [0.2, 0.25) is 0 Å². The Bertz CT molecular complexity index is 797. The van der Waals surface area contributed by atoms with E-state index in [1.165, 1.54) is 0 Å². The molecule has 0 radical (unpaired) electrons. The summed E-state index contributed by atoms with van der Waals surface area (Å²) in [6.45, 7) is 2.14. The highest BCUT2D eigenvalue weighted by molar-refractivity contribution is 6.04. The smallest absolute Gasteiger partial charge is 0.255 e. The van der Waals surface area contributed by atoms with E-state index in [1.54, 1.807) is 18.2 Å². The molecule has 5 nitrogen and oxygen atoms in total. The maximum Gasteiger partial charge on any atom is 0.255 e. The third-order valence-corrected chi connectivity index (χ3v) is 3.19. The SMILES string of the molecule is Cc1cc(COc2cccc(NC(=O)c3ccccc3)c2)on1. The summed E-state index contributed by atoms with van der Waals surface area (Å²) >= 11 is 0. The second-order valence-electron chi connectivity index (χ2n) is 5.07. The summed E-state index contributed by atoms with van der Waals surface area (Å²) in [5.74, 6) is 1.14. The molecule has 0 fully saturated rings. The van der Waals surface area contributed by atoms with Crippen molar-refractivity contribution in [3.05, 3.63) is 77.7 Å². The summed E-state index contributed by atoms with van der Waals surface area (Å²) < 4.78 is 10.7. The molecule has 0 unspecified atom stereocenters. The first-order valence-corrected chi connectivity index (χ1v) is 7.22. The van der Waals surface area contributed by atoms with Crippen molar-refractivity contribution in [1.82, 2.24) is 5.16 Å². The van der Waals surface area contributed by atoms with Gasteiger partial charge in [0.15, 0.2) is 5.76 Å². The topological polar surface area (TPSA) is 64.4 Å². The first kappa shape index (κ1) is 14.8. The van der Waals surface area contributed by atoms with Gasteiger partial charge in [-0.1, -0.05) is 29.4 Å². The molecule has 1 aromatic heterocycles. The fourth-order valence-corrected chi connectivity index (χ4v) is 2.10. The molecule has 0 spiro atoms. The number of hydrogen-bond acceptors (Lipinski definition) is 4. The lowest BCUT2D eigenvalue weighted by Crippen LogP contribution is -2.11. The molecule has 1 amide bonds. The van der Waals surface area contributed by atoms with Crippen molar-refractivity contribution in [3.8, 4) is 5.75 Å². The van der Waals surface area contributed by atoms with Gasteiger partial charge in [-0.05, 0) is 31.2 Å². The number of aryl methyl sites for hydroxylation is 1. The molecule has 23 heavy (non-hydrogen) atoms. The van der Waals surface area contributed by atoms with Crippen molar-refractivity contribution in [2.45, 2.75) is 13.5 Å². The van der Waals surface area contributed by atoms with Crippen LogP contribution in [0.25, 0.3) is 0 Å². The third kappa shape index (κ3) is 3.97. The van der Waals surface area contributed by atoms with Crippen LogP contribution in [0.15, 0.2) is 65.2 Å². The molecular weight excluding hydrogens is 292 g/mol. The highest BCUT2D eigenvalue weighted by Gasteiger charge is 2.06. The molecule has 116 valence electrons. The molecule has 0 aliphatic carbocycles. The number of aromatic nitrogens is 1. The van der Waals surface area contributed by atoms with E-state index < -0.39 is 0 Å². The summed E-state index contributed by atoms with van der Waals surface area (Å²) in [7, 11) is 0. The third-order valence-electron chi connectivity index (χ3n) is 3.19. The molecule has 3 aromatic rings. The fraction of sp³-hybridized carbons (Fsp3) is 0.111. The zero-order valence-corrected chi connectivity index (χ0v) is 12.7. The van der Waals surface area contributed by atoms with E-state index in [2.05, 4.69) is 10.5 Å². The summed E-state index contributed by atoms with van der Waals surface area (Å²) in [6, 6.07) is 18.1. The number of amides is 1. The van der Waals surface area contributed by atoms with Crippen LogP contribution >= 0.6 is 0 Å². The predicted octanol–water partition coefficient (Wildman–Crippen LogP) is 3.81. The van der Waals surface area contributed by atoms with Crippen LogP contribution in [0.2, 0.25) is 0 Å². The largest absolute Gasteiger partial charge is 0.485 e. The molecule has 0 aliphatic rings. The van der Waals surface area contributed by atoms with Crippen molar-refractivity contribution in [2.24, 2.45) is 0 Å². The number of rotatable bonds is 5. The van der Waals surface area contributed by atoms with Crippen molar-refractivity contribution in [1.29, 1.82) is 0 Å².